The minimum Gasteiger partial charge on any atom is -0.389 e. The third-order valence-electron chi connectivity index (χ3n) is 3.82. The Labute approximate surface area is 76.2 Å². The lowest BCUT2D eigenvalue weighted by Crippen LogP contribution is -2.45. The van der Waals surface area contributed by atoms with Crippen LogP contribution in [0.15, 0.2) is 0 Å². The summed E-state index contributed by atoms with van der Waals surface area (Å²) in [4.78, 5) is 0. The van der Waals surface area contributed by atoms with E-state index in [9.17, 15) is 5.11 Å². The van der Waals surface area contributed by atoms with E-state index in [2.05, 4.69) is 20.8 Å². The van der Waals surface area contributed by atoms with Gasteiger partial charge in [-0.05, 0) is 24.7 Å². The third-order valence-corrected chi connectivity index (χ3v) is 3.82. The van der Waals surface area contributed by atoms with Crippen molar-refractivity contribution in [2.24, 2.45) is 5.41 Å². The molecule has 0 aromatic heterocycles. The van der Waals surface area contributed by atoms with Crippen molar-refractivity contribution in [2.75, 3.05) is 0 Å². The first kappa shape index (κ1) is 10.0. The van der Waals surface area contributed by atoms with E-state index in [1.54, 1.807) is 0 Å². The van der Waals surface area contributed by atoms with Crippen molar-refractivity contribution in [1.82, 2.24) is 0 Å². The molecular weight excluding hydrogens is 148 g/mol. The van der Waals surface area contributed by atoms with E-state index < -0.39 is 0 Å². The predicted octanol–water partition coefficient (Wildman–Crippen LogP) is 3.12. The van der Waals surface area contributed by atoms with Gasteiger partial charge in [-0.25, -0.2) is 0 Å². The van der Waals surface area contributed by atoms with Gasteiger partial charge in [0.2, 0.25) is 0 Å². The molecule has 0 bridgehead atoms. The van der Waals surface area contributed by atoms with Crippen molar-refractivity contribution in [1.29, 1.82) is 0 Å². The van der Waals surface area contributed by atoms with Gasteiger partial charge in [0.15, 0.2) is 0 Å². The van der Waals surface area contributed by atoms with Crippen molar-refractivity contribution in [2.45, 2.75) is 64.9 Å². The summed E-state index contributed by atoms with van der Waals surface area (Å²) >= 11 is 0. The van der Waals surface area contributed by atoms with E-state index in [1.807, 2.05) is 0 Å². The first-order valence-electron chi connectivity index (χ1n) is 5.24. The van der Waals surface area contributed by atoms with Gasteiger partial charge in [-0.2, -0.15) is 0 Å². The van der Waals surface area contributed by atoms with Gasteiger partial charge in [0.1, 0.15) is 0 Å². The normalized spacial score (nSPS) is 24.0. The SMILES string of the molecule is CCC(C)(C)C1(O)CCCCC1. The molecule has 0 unspecified atom stereocenters. The van der Waals surface area contributed by atoms with Crippen LogP contribution in [0.25, 0.3) is 0 Å². The Hall–Kier alpha value is -0.0400. The minimum absolute atomic E-state index is 0.105. The van der Waals surface area contributed by atoms with Gasteiger partial charge in [0.25, 0.3) is 0 Å². The summed E-state index contributed by atoms with van der Waals surface area (Å²) in [7, 11) is 0. The molecule has 12 heavy (non-hydrogen) atoms. The molecule has 1 aliphatic rings. The highest BCUT2D eigenvalue weighted by molar-refractivity contribution is 4.94. The van der Waals surface area contributed by atoms with Crippen LogP contribution in [-0.4, -0.2) is 10.7 Å². The second-order valence-electron chi connectivity index (χ2n) is 4.83. The Morgan fingerprint density at radius 3 is 2.08 bits per heavy atom. The monoisotopic (exact) mass is 170 g/mol. The second-order valence-corrected chi connectivity index (χ2v) is 4.83. The molecule has 0 atom stereocenters. The number of aliphatic hydroxyl groups is 1. The zero-order valence-electron chi connectivity index (χ0n) is 8.69. The van der Waals surface area contributed by atoms with Crippen LogP contribution in [0.2, 0.25) is 0 Å². The lowest BCUT2D eigenvalue weighted by molar-refractivity contribution is -0.0946. The quantitative estimate of drug-likeness (QED) is 0.675. The average molecular weight is 170 g/mol. The zero-order valence-corrected chi connectivity index (χ0v) is 8.69. The molecule has 1 heteroatoms. The lowest BCUT2D eigenvalue weighted by atomic mass is 9.66. The van der Waals surface area contributed by atoms with Crippen LogP contribution in [0.1, 0.15) is 59.3 Å². The molecule has 72 valence electrons. The van der Waals surface area contributed by atoms with Gasteiger partial charge in [-0.1, -0.05) is 40.0 Å². The van der Waals surface area contributed by atoms with Gasteiger partial charge >= 0.3 is 0 Å². The number of hydrogen-bond acceptors (Lipinski definition) is 1. The Bertz CT molecular complexity index is 143. The maximum Gasteiger partial charge on any atom is 0.0698 e. The molecule has 0 radical (unpaired) electrons. The van der Waals surface area contributed by atoms with Crippen LogP contribution in [0.4, 0.5) is 0 Å². The maximum absolute atomic E-state index is 10.4. The summed E-state index contributed by atoms with van der Waals surface area (Å²) < 4.78 is 0. The van der Waals surface area contributed by atoms with Crippen LogP contribution in [0.3, 0.4) is 0 Å². The highest BCUT2D eigenvalue weighted by Crippen LogP contribution is 2.43. The van der Waals surface area contributed by atoms with Crippen LogP contribution < -0.4 is 0 Å². The lowest BCUT2D eigenvalue weighted by Gasteiger charge is -2.45. The molecule has 0 aromatic carbocycles. The number of hydrogen-bond donors (Lipinski definition) is 1. The van der Waals surface area contributed by atoms with E-state index in [0.717, 1.165) is 19.3 Å². The van der Waals surface area contributed by atoms with Crippen molar-refractivity contribution >= 4 is 0 Å². The van der Waals surface area contributed by atoms with Gasteiger partial charge in [-0.15, -0.1) is 0 Å². The summed E-state index contributed by atoms with van der Waals surface area (Å²) in [5.41, 5.74) is -0.270. The molecule has 0 spiro atoms. The first-order chi connectivity index (χ1) is 5.52. The second kappa shape index (κ2) is 3.37. The van der Waals surface area contributed by atoms with Crippen LogP contribution in [0, 0.1) is 5.41 Å². The molecule has 1 N–H and O–H groups in total. The molecule has 0 amide bonds. The van der Waals surface area contributed by atoms with Gasteiger partial charge in [-0.3, -0.25) is 0 Å². The van der Waals surface area contributed by atoms with Crippen LogP contribution in [-0.2, 0) is 0 Å². The fraction of sp³-hybridized carbons (Fsp3) is 1.00. The van der Waals surface area contributed by atoms with Gasteiger partial charge in [0, 0.05) is 0 Å². The maximum atomic E-state index is 10.4. The highest BCUT2D eigenvalue weighted by Gasteiger charge is 2.42. The molecule has 1 saturated carbocycles. The third kappa shape index (κ3) is 1.66. The minimum atomic E-state index is -0.375. The molecule has 1 aliphatic carbocycles. The fourth-order valence-electron chi connectivity index (χ4n) is 2.14. The van der Waals surface area contributed by atoms with E-state index in [1.165, 1.54) is 19.3 Å². The summed E-state index contributed by atoms with van der Waals surface area (Å²) in [6.07, 6.45) is 6.81. The summed E-state index contributed by atoms with van der Waals surface area (Å²) in [6.45, 7) is 6.56. The molecule has 0 saturated heterocycles. The highest BCUT2D eigenvalue weighted by atomic mass is 16.3. The molecular formula is C11H22O. The van der Waals surface area contributed by atoms with Crippen molar-refractivity contribution in [3.8, 4) is 0 Å². The number of rotatable bonds is 2. The Morgan fingerprint density at radius 1 is 1.17 bits per heavy atom. The topological polar surface area (TPSA) is 20.2 Å². The van der Waals surface area contributed by atoms with Crippen molar-refractivity contribution < 1.29 is 5.11 Å². The summed E-state index contributed by atoms with van der Waals surface area (Å²) in [5.74, 6) is 0. The molecule has 0 aromatic rings. The van der Waals surface area contributed by atoms with E-state index >= 15 is 0 Å². The van der Waals surface area contributed by atoms with Crippen molar-refractivity contribution in [3.63, 3.8) is 0 Å². The van der Waals surface area contributed by atoms with Crippen LogP contribution in [0.5, 0.6) is 0 Å². The Morgan fingerprint density at radius 2 is 1.67 bits per heavy atom. The van der Waals surface area contributed by atoms with Crippen LogP contribution >= 0.6 is 0 Å². The largest absolute Gasteiger partial charge is 0.389 e. The predicted molar refractivity (Wildman–Crippen MR) is 52.1 cm³/mol. The summed E-state index contributed by atoms with van der Waals surface area (Å²) in [6, 6.07) is 0. The first-order valence-corrected chi connectivity index (χ1v) is 5.24. The average Bonchev–Trinajstić information content (AvgIpc) is 2.06. The molecule has 1 fully saturated rings. The van der Waals surface area contributed by atoms with Crippen molar-refractivity contribution in [3.05, 3.63) is 0 Å². The molecule has 0 aliphatic heterocycles. The standard InChI is InChI=1S/C11H22O/c1-4-10(2,3)11(12)8-6-5-7-9-11/h12H,4-9H2,1-3H3. The van der Waals surface area contributed by atoms with E-state index in [0.29, 0.717) is 0 Å². The molecule has 1 rings (SSSR count). The fourth-order valence-corrected chi connectivity index (χ4v) is 2.14. The van der Waals surface area contributed by atoms with Gasteiger partial charge < -0.3 is 5.11 Å². The Balaban J connectivity index is 2.68. The van der Waals surface area contributed by atoms with E-state index in [-0.39, 0.29) is 11.0 Å². The smallest absolute Gasteiger partial charge is 0.0698 e. The van der Waals surface area contributed by atoms with Gasteiger partial charge in [0.05, 0.1) is 5.60 Å². The summed E-state index contributed by atoms with van der Waals surface area (Å²) in [5, 5.41) is 10.4. The zero-order chi connectivity index (χ0) is 9.24. The molecule has 0 heterocycles. The Kier molecular flexibility index (Phi) is 2.82. The van der Waals surface area contributed by atoms with E-state index in [4.69, 9.17) is 0 Å². The molecule has 1 nitrogen and oxygen atoms in total.